The van der Waals surface area contributed by atoms with Crippen LogP contribution in [0.3, 0.4) is 0 Å². The average Bonchev–Trinajstić information content (AvgIpc) is 2.28. The van der Waals surface area contributed by atoms with E-state index in [9.17, 15) is 4.79 Å². The molecule has 0 saturated heterocycles. The lowest BCUT2D eigenvalue weighted by Gasteiger charge is -2.20. The van der Waals surface area contributed by atoms with Crippen LogP contribution in [-0.2, 0) is 14.9 Å². The number of carbonyl (C=O) groups is 1. The van der Waals surface area contributed by atoms with E-state index in [1.54, 1.807) is 6.92 Å². The number of hydrogen-bond donors (Lipinski definition) is 0. The zero-order valence-corrected chi connectivity index (χ0v) is 12.4. The van der Waals surface area contributed by atoms with Crippen molar-refractivity contribution < 1.29 is 9.53 Å². The van der Waals surface area contributed by atoms with E-state index in [2.05, 4.69) is 20.8 Å². The van der Waals surface area contributed by atoms with Gasteiger partial charge in [0.2, 0.25) is 0 Å². The van der Waals surface area contributed by atoms with Crippen LogP contribution in [0, 0.1) is 0 Å². The molecule has 0 saturated carbocycles. The molecule has 0 bridgehead atoms. The lowest BCUT2D eigenvalue weighted by molar-refractivity contribution is -0.140. The normalized spacial score (nSPS) is 12.9. The first-order valence-electron chi connectivity index (χ1n) is 5.96. The molecule has 0 aliphatic heterocycles. The molecule has 0 heterocycles. The standard InChI is InChI=1S/C15H20O2S/c1-10(18)13(14(16)17-5)11-6-8-12(9-7-11)15(2,3)4/h6-9,13H,1-5H3. The van der Waals surface area contributed by atoms with E-state index in [4.69, 9.17) is 17.0 Å². The van der Waals surface area contributed by atoms with Gasteiger partial charge in [-0.15, -0.1) is 0 Å². The highest BCUT2D eigenvalue weighted by molar-refractivity contribution is 7.80. The minimum atomic E-state index is -0.445. The monoisotopic (exact) mass is 264 g/mol. The average molecular weight is 264 g/mol. The van der Waals surface area contributed by atoms with Gasteiger partial charge in [0.25, 0.3) is 0 Å². The molecule has 18 heavy (non-hydrogen) atoms. The van der Waals surface area contributed by atoms with Gasteiger partial charge in [-0.1, -0.05) is 57.3 Å². The summed E-state index contributed by atoms with van der Waals surface area (Å²) in [6.07, 6.45) is 0. The van der Waals surface area contributed by atoms with E-state index in [-0.39, 0.29) is 11.4 Å². The summed E-state index contributed by atoms with van der Waals surface area (Å²) in [6.45, 7) is 8.24. The molecule has 1 aromatic carbocycles. The van der Waals surface area contributed by atoms with Crippen molar-refractivity contribution in [3.8, 4) is 0 Å². The molecule has 2 nitrogen and oxygen atoms in total. The number of rotatable bonds is 3. The summed E-state index contributed by atoms with van der Waals surface area (Å²) in [5, 5.41) is 0. The molecular weight excluding hydrogens is 244 g/mol. The molecule has 0 aromatic heterocycles. The SMILES string of the molecule is COC(=O)C(C(C)=S)c1ccc(C(C)(C)C)cc1. The summed E-state index contributed by atoms with van der Waals surface area (Å²) in [5.74, 6) is -0.745. The molecule has 0 radical (unpaired) electrons. The van der Waals surface area contributed by atoms with E-state index in [1.165, 1.54) is 12.7 Å². The van der Waals surface area contributed by atoms with Crippen LogP contribution in [0.25, 0.3) is 0 Å². The molecule has 1 unspecified atom stereocenters. The van der Waals surface area contributed by atoms with Crippen molar-refractivity contribution in [2.75, 3.05) is 7.11 Å². The summed E-state index contributed by atoms with van der Waals surface area (Å²) < 4.78 is 4.80. The fraction of sp³-hybridized carbons (Fsp3) is 0.467. The van der Waals surface area contributed by atoms with Crippen LogP contribution in [0.5, 0.6) is 0 Å². The second kappa shape index (κ2) is 5.61. The summed E-state index contributed by atoms with van der Waals surface area (Å²) >= 11 is 5.15. The molecule has 0 aliphatic carbocycles. The molecule has 0 amide bonds. The van der Waals surface area contributed by atoms with Gasteiger partial charge in [0, 0.05) is 4.86 Å². The first kappa shape index (κ1) is 14.8. The Bertz CT molecular complexity index is 441. The maximum absolute atomic E-state index is 11.7. The highest BCUT2D eigenvalue weighted by Crippen LogP contribution is 2.25. The van der Waals surface area contributed by atoms with E-state index >= 15 is 0 Å². The predicted molar refractivity (Wildman–Crippen MR) is 78.2 cm³/mol. The van der Waals surface area contributed by atoms with E-state index in [0.29, 0.717) is 4.86 Å². The highest BCUT2D eigenvalue weighted by Gasteiger charge is 2.24. The first-order chi connectivity index (χ1) is 8.27. The van der Waals surface area contributed by atoms with Crippen molar-refractivity contribution >= 4 is 23.1 Å². The Morgan fingerprint density at radius 3 is 2.06 bits per heavy atom. The lowest BCUT2D eigenvalue weighted by Crippen LogP contribution is -2.20. The number of hydrogen-bond acceptors (Lipinski definition) is 3. The van der Waals surface area contributed by atoms with Crippen molar-refractivity contribution in [1.29, 1.82) is 0 Å². The Morgan fingerprint density at radius 2 is 1.72 bits per heavy atom. The Morgan fingerprint density at radius 1 is 1.22 bits per heavy atom. The quantitative estimate of drug-likeness (QED) is 0.616. The van der Waals surface area contributed by atoms with Gasteiger partial charge in [-0.05, 0) is 23.5 Å². The fourth-order valence-electron chi connectivity index (χ4n) is 1.83. The largest absolute Gasteiger partial charge is 0.468 e. The van der Waals surface area contributed by atoms with Crippen LogP contribution in [0.15, 0.2) is 24.3 Å². The maximum Gasteiger partial charge on any atom is 0.318 e. The molecule has 1 aromatic rings. The second-order valence-corrected chi connectivity index (χ2v) is 6.08. The molecule has 0 N–H and O–H groups in total. The Labute approximate surface area is 114 Å². The van der Waals surface area contributed by atoms with Crippen LogP contribution in [0.2, 0.25) is 0 Å². The van der Waals surface area contributed by atoms with E-state index < -0.39 is 5.92 Å². The first-order valence-corrected chi connectivity index (χ1v) is 6.37. The van der Waals surface area contributed by atoms with Gasteiger partial charge in [0.1, 0.15) is 5.92 Å². The van der Waals surface area contributed by atoms with Crippen LogP contribution in [0.4, 0.5) is 0 Å². The smallest absolute Gasteiger partial charge is 0.318 e. The summed E-state index contributed by atoms with van der Waals surface area (Å²) in [7, 11) is 1.39. The summed E-state index contributed by atoms with van der Waals surface area (Å²) in [6, 6.07) is 8.00. The molecular formula is C15H20O2S. The van der Waals surface area contributed by atoms with E-state index in [0.717, 1.165) is 5.56 Å². The number of methoxy groups -OCH3 is 1. The van der Waals surface area contributed by atoms with Gasteiger partial charge in [-0.3, -0.25) is 4.79 Å². The van der Waals surface area contributed by atoms with Crippen LogP contribution in [-0.4, -0.2) is 17.9 Å². The third-order valence-corrected chi connectivity index (χ3v) is 3.19. The molecule has 3 heteroatoms. The summed E-state index contributed by atoms with van der Waals surface area (Å²) in [4.78, 5) is 12.4. The van der Waals surface area contributed by atoms with Gasteiger partial charge in [-0.2, -0.15) is 0 Å². The minimum Gasteiger partial charge on any atom is -0.468 e. The Kier molecular flexibility index (Phi) is 4.63. The topological polar surface area (TPSA) is 26.3 Å². The predicted octanol–water partition coefficient (Wildman–Crippen LogP) is 3.63. The summed E-state index contributed by atoms with van der Waals surface area (Å²) in [5.41, 5.74) is 2.23. The molecule has 0 fully saturated rings. The van der Waals surface area contributed by atoms with Crippen LogP contribution < -0.4 is 0 Å². The Hall–Kier alpha value is -1.22. The third-order valence-electron chi connectivity index (χ3n) is 2.95. The lowest BCUT2D eigenvalue weighted by atomic mass is 9.85. The Balaban J connectivity index is 3.09. The van der Waals surface area contributed by atoms with Crippen molar-refractivity contribution in [2.45, 2.75) is 39.0 Å². The van der Waals surface area contributed by atoms with Crippen LogP contribution in [0.1, 0.15) is 44.7 Å². The number of ether oxygens (including phenoxy) is 1. The van der Waals surface area contributed by atoms with E-state index in [1.807, 2.05) is 24.3 Å². The number of thiocarbonyl (C=S) groups is 1. The molecule has 98 valence electrons. The van der Waals surface area contributed by atoms with Crippen molar-refractivity contribution in [2.24, 2.45) is 0 Å². The van der Waals surface area contributed by atoms with Gasteiger partial charge in [-0.25, -0.2) is 0 Å². The van der Waals surface area contributed by atoms with Gasteiger partial charge < -0.3 is 4.74 Å². The minimum absolute atomic E-state index is 0.103. The number of esters is 1. The third kappa shape index (κ3) is 3.39. The van der Waals surface area contributed by atoms with Crippen molar-refractivity contribution in [1.82, 2.24) is 0 Å². The van der Waals surface area contributed by atoms with Gasteiger partial charge >= 0.3 is 5.97 Å². The number of benzene rings is 1. The zero-order valence-electron chi connectivity index (χ0n) is 11.6. The zero-order chi connectivity index (χ0) is 13.9. The fourth-order valence-corrected chi connectivity index (χ4v) is 2.06. The maximum atomic E-state index is 11.7. The highest BCUT2D eigenvalue weighted by atomic mass is 32.1. The second-order valence-electron chi connectivity index (χ2n) is 5.44. The molecule has 1 rings (SSSR count). The van der Waals surface area contributed by atoms with Gasteiger partial charge in [0.05, 0.1) is 7.11 Å². The molecule has 1 atom stereocenters. The van der Waals surface area contributed by atoms with Gasteiger partial charge in [0.15, 0.2) is 0 Å². The van der Waals surface area contributed by atoms with Crippen molar-refractivity contribution in [3.63, 3.8) is 0 Å². The van der Waals surface area contributed by atoms with Crippen LogP contribution >= 0.6 is 12.2 Å². The van der Waals surface area contributed by atoms with Crippen molar-refractivity contribution in [3.05, 3.63) is 35.4 Å². The molecule has 0 aliphatic rings. The number of carbonyl (C=O) groups excluding carboxylic acids is 1. The molecule has 0 spiro atoms.